The van der Waals surface area contributed by atoms with Crippen molar-refractivity contribution in [2.75, 3.05) is 33.8 Å². The van der Waals surface area contributed by atoms with Crippen LogP contribution in [0.4, 0.5) is 4.39 Å². The molecule has 0 aliphatic rings. The van der Waals surface area contributed by atoms with E-state index in [4.69, 9.17) is 14.7 Å². The first-order valence-electron chi connectivity index (χ1n) is 13.6. The SMILES string of the molecule is CCNCc1cncc(-c2ccc3[nH]nc(-c4nc5c(-c6cc(F)cc(OCCN(C)C)c6)cccc5[nH]4)c3n2)c1. The monoisotopic (exact) mass is 550 g/mol. The summed E-state index contributed by atoms with van der Waals surface area (Å²) in [7, 11) is 3.94. The van der Waals surface area contributed by atoms with Crippen molar-refractivity contribution in [2.45, 2.75) is 13.5 Å². The Morgan fingerprint density at radius 2 is 1.85 bits per heavy atom. The minimum absolute atomic E-state index is 0.367. The molecular weight excluding hydrogens is 519 g/mol. The largest absolute Gasteiger partial charge is 0.492 e. The fourth-order valence-corrected chi connectivity index (χ4v) is 4.74. The van der Waals surface area contributed by atoms with Gasteiger partial charge in [-0.15, -0.1) is 0 Å². The minimum Gasteiger partial charge on any atom is -0.492 e. The number of imidazole rings is 1. The van der Waals surface area contributed by atoms with Crippen molar-refractivity contribution in [1.29, 1.82) is 0 Å². The number of likely N-dealkylation sites (N-methyl/N-ethyl adjacent to an activating group) is 1. The Labute approximate surface area is 236 Å². The van der Waals surface area contributed by atoms with E-state index >= 15 is 0 Å². The Balaban J connectivity index is 1.37. The number of aromatic nitrogens is 6. The van der Waals surface area contributed by atoms with Crippen molar-refractivity contribution in [1.82, 2.24) is 40.3 Å². The molecule has 2 aromatic carbocycles. The topological polar surface area (TPSA) is 108 Å². The van der Waals surface area contributed by atoms with Gasteiger partial charge in [0, 0.05) is 42.7 Å². The van der Waals surface area contributed by atoms with Crippen LogP contribution in [-0.4, -0.2) is 68.8 Å². The number of halogens is 1. The molecule has 0 bridgehead atoms. The number of fused-ring (bicyclic) bond motifs is 2. The molecule has 0 saturated carbocycles. The number of H-pyrrole nitrogens is 2. The zero-order valence-corrected chi connectivity index (χ0v) is 23.2. The average Bonchev–Trinajstić information content (AvgIpc) is 3.59. The van der Waals surface area contributed by atoms with Gasteiger partial charge in [0.25, 0.3) is 0 Å². The highest BCUT2D eigenvalue weighted by Gasteiger charge is 2.17. The Bertz CT molecular complexity index is 1830. The number of para-hydroxylation sites is 1. The lowest BCUT2D eigenvalue weighted by Crippen LogP contribution is -2.19. The summed E-state index contributed by atoms with van der Waals surface area (Å²) in [6.45, 7) is 4.90. The summed E-state index contributed by atoms with van der Waals surface area (Å²) < 4.78 is 20.4. The van der Waals surface area contributed by atoms with Crippen molar-refractivity contribution in [2.24, 2.45) is 0 Å². The predicted molar refractivity (Wildman–Crippen MR) is 159 cm³/mol. The number of nitrogens with zero attached hydrogens (tertiary/aromatic N) is 5. The van der Waals surface area contributed by atoms with Crippen molar-refractivity contribution in [3.63, 3.8) is 0 Å². The molecule has 4 heterocycles. The Hall–Kier alpha value is -4.67. The van der Waals surface area contributed by atoms with Crippen molar-refractivity contribution < 1.29 is 9.13 Å². The van der Waals surface area contributed by atoms with Gasteiger partial charge in [-0.25, -0.2) is 14.4 Å². The molecule has 0 aliphatic heterocycles. The minimum atomic E-state index is -0.367. The van der Waals surface area contributed by atoms with Gasteiger partial charge in [0.2, 0.25) is 0 Å². The van der Waals surface area contributed by atoms with Crippen LogP contribution in [0.3, 0.4) is 0 Å². The van der Waals surface area contributed by atoms with Crippen LogP contribution < -0.4 is 10.1 Å². The standard InChI is InChI=1S/C31H31FN8O/c1-4-33-16-19-12-21(18-34-17-19)25-8-9-27-29(35-25)30(39-38-27)31-36-26-7-5-6-24(28(26)37-31)20-13-22(32)15-23(14-20)41-11-10-40(2)3/h5-9,12-15,17-18,33H,4,10-11,16H2,1-3H3,(H,36,37)(H,38,39). The number of nitrogens with one attached hydrogen (secondary N) is 3. The summed E-state index contributed by atoms with van der Waals surface area (Å²) in [5.74, 6) is 0.684. The Morgan fingerprint density at radius 3 is 2.71 bits per heavy atom. The van der Waals surface area contributed by atoms with Crippen LogP contribution in [0, 0.1) is 5.82 Å². The zero-order valence-electron chi connectivity index (χ0n) is 23.2. The third kappa shape index (κ3) is 5.65. The maximum absolute atomic E-state index is 14.6. The molecule has 0 saturated heterocycles. The highest BCUT2D eigenvalue weighted by atomic mass is 19.1. The molecule has 0 fully saturated rings. The van der Waals surface area contributed by atoms with Gasteiger partial charge in [-0.2, -0.15) is 5.10 Å². The third-order valence-corrected chi connectivity index (χ3v) is 6.80. The summed E-state index contributed by atoms with van der Waals surface area (Å²) in [5, 5.41) is 10.9. The van der Waals surface area contributed by atoms with Crippen molar-refractivity contribution in [3.8, 4) is 39.7 Å². The van der Waals surface area contributed by atoms with Gasteiger partial charge >= 0.3 is 0 Å². The Morgan fingerprint density at radius 1 is 0.951 bits per heavy atom. The molecule has 9 nitrogen and oxygen atoms in total. The van der Waals surface area contributed by atoms with E-state index in [-0.39, 0.29) is 5.82 Å². The maximum Gasteiger partial charge on any atom is 0.161 e. The highest BCUT2D eigenvalue weighted by Crippen LogP contribution is 2.33. The second-order valence-corrected chi connectivity index (χ2v) is 10.1. The van der Waals surface area contributed by atoms with E-state index in [0.717, 1.165) is 53.1 Å². The van der Waals surface area contributed by atoms with E-state index in [1.165, 1.54) is 12.1 Å². The number of aromatic amines is 2. The first-order valence-corrected chi connectivity index (χ1v) is 13.6. The first kappa shape index (κ1) is 26.5. The molecular formula is C31H31FN8O. The van der Waals surface area contributed by atoms with E-state index < -0.39 is 0 Å². The number of rotatable bonds is 10. The van der Waals surface area contributed by atoms with E-state index in [2.05, 4.69) is 38.5 Å². The van der Waals surface area contributed by atoms with Crippen LogP contribution in [-0.2, 0) is 6.54 Å². The van der Waals surface area contributed by atoms with Gasteiger partial charge in [0.15, 0.2) is 11.5 Å². The molecule has 41 heavy (non-hydrogen) atoms. The molecule has 0 amide bonds. The number of ether oxygens (including phenoxy) is 1. The molecule has 4 aromatic heterocycles. The zero-order chi connectivity index (χ0) is 28.3. The molecule has 10 heteroatoms. The molecule has 6 rings (SSSR count). The maximum atomic E-state index is 14.6. The van der Waals surface area contributed by atoms with Crippen molar-refractivity contribution in [3.05, 3.63) is 78.4 Å². The van der Waals surface area contributed by atoms with Crippen LogP contribution in [0.1, 0.15) is 12.5 Å². The second-order valence-electron chi connectivity index (χ2n) is 10.1. The second kappa shape index (κ2) is 11.4. The third-order valence-electron chi connectivity index (χ3n) is 6.80. The van der Waals surface area contributed by atoms with E-state index in [1.807, 2.05) is 67.8 Å². The molecule has 3 N–H and O–H groups in total. The van der Waals surface area contributed by atoms with Gasteiger partial charge in [0.05, 0.1) is 22.2 Å². The van der Waals surface area contributed by atoms with Crippen LogP contribution in [0.2, 0.25) is 0 Å². The first-order chi connectivity index (χ1) is 20.0. The number of pyridine rings is 2. The normalized spacial score (nSPS) is 11.6. The smallest absolute Gasteiger partial charge is 0.161 e. The van der Waals surface area contributed by atoms with E-state index in [9.17, 15) is 4.39 Å². The summed E-state index contributed by atoms with van der Waals surface area (Å²) in [4.78, 5) is 19.6. The molecule has 208 valence electrons. The van der Waals surface area contributed by atoms with Gasteiger partial charge in [-0.1, -0.05) is 19.1 Å². The van der Waals surface area contributed by atoms with Crippen LogP contribution in [0.5, 0.6) is 5.75 Å². The van der Waals surface area contributed by atoms with Crippen LogP contribution in [0.25, 0.3) is 56.0 Å². The Kier molecular flexibility index (Phi) is 7.41. The summed E-state index contributed by atoms with van der Waals surface area (Å²) >= 11 is 0. The summed E-state index contributed by atoms with van der Waals surface area (Å²) in [6.07, 6.45) is 3.67. The lowest BCUT2D eigenvalue weighted by atomic mass is 10.0. The molecule has 0 radical (unpaired) electrons. The average molecular weight is 551 g/mol. The van der Waals surface area contributed by atoms with E-state index in [1.54, 1.807) is 0 Å². The molecule has 0 spiro atoms. The van der Waals surface area contributed by atoms with Gasteiger partial charge in [-0.05, 0) is 68.2 Å². The predicted octanol–water partition coefficient (Wildman–Crippen LogP) is 5.42. The lowest BCUT2D eigenvalue weighted by Gasteiger charge is -2.12. The van der Waals surface area contributed by atoms with Gasteiger partial charge in [-0.3, -0.25) is 10.1 Å². The van der Waals surface area contributed by atoms with Crippen LogP contribution >= 0.6 is 0 Å². The number of hydrogen-bond acceptors (Lipinski definition) is 7. The molecule has 0 atom stereocenters. The number of hydrogen-bond donors (Lipinski definition) is 3. The number of benzene rings is 2. The van der Waals surface area contributed by atoms with Crippen LogP contribution in [0.15, 0.2) is 67.0 Å². The van der Waals surface area contributed by atoms with Crippen molar-refractivity contribution >= 4 is 22.1 Å². The molecule has 6 aromatic rings. The lowest BCUT2D eigenvalue weighted by molar-refractivity contribution is 0.260. The van der Waals surface area contributed by atoms with Gasteiger partial charge < -0.3 is 19.9 Å². The quantitative estimate of drug-likeness (QED) is 0.209. The molecule has 0 aliphatic carbocycles. The highest BCUT2D eigenvalue weighted by molar-refractivity contribution is 5.96. The summed E-state index contributed by atoms with van der Waals surface area (Å²) in [5.41, 5.74) is 7.91. The van der Waals surface area contributed by atoms with Gasteiger partial charge in [0.1, 0.15) is 23.7 Å². The fraction of sp³-hybridized carbons (Fsp3) is 0.226. The van der Waals surface area contributed by atoms with E-state index in [0.29, 0.717) is 40.5 Å². The molecule has 0 unspecified atom stereocenters. The summed E-state index contributed by atoms with van der Waals surface area (Å²) in [6, 6.07) is 16.5. The fourth-order valence-electron chi connectivity index (χ4n) is 4.74.